The zero-order valence-corrected chi connectivity index (χ0v) is 20.3. The van der Waals surface area contributed by atoms with Gasteiger partial charge in [-0.15, -0.1) is 0 Å². The molecule has 1 aromatic heterocycles. The van der Waals surface area contributed by atoms with Crippen LogP contribution in [0.4, 0.5) is 11.4 Å². The number of benzene rings is 2. The number of carbonyl (C=O) groups is 1. The molecule has 0 aliphatic heterocycles. The molecule has 1 heterocycles. The van der Waals surface area contributed by atoms with Crippen LogP contribution < -0.4 is 19.2 Å². The molecule has 3 aromatic rings. The van der Waals surface area contributed by atoms with Gasteiger partial charge in [0.2, 0.25) is 10.0 Å². The second-order valence-corrected chi connectivity index (χ2v) is 10.7. The Morgan fingerprint density at radius 3 is 2.41 bits per heavy atom. The van der Waals surface area contributed by atoms with Gasteiger partial charge in [-0.05, 0) is 62.7 Å². The van der Waals surface area contributed by atoms with Crippen LogP contribution in [0.5, 0.6) is 5.75 Å². The molecule has 0 bridgehead atoms. The molecule has 172 valence electrons. The van der Waals surface area contributed by atoms with Crippen LogP contribution in [0.25, 0.3) is 10.2 Å². The minimum Gasteiger partial charge on any atom is -0.481 e. The minimum atomic E-state index is -3.36. The summed E-state index contributed by atoms with van der Waals surface area (Å²) in [5.41, 5.74) is 1.93. The van der Waals surface area contributed by atoms with Crippen LogP contribution in [0.15, 0.2) is 47.3 Å². The molecule has 32 heavy (non-hydrogen) atoms. The van der Waals surface area contributed by atoms with E-state index in [1.807, 2.05) is 26.8 Å². The van der Waals surface area contributed by atoms with E-state index < -0.39 is 16.1 Å². The van der Waals surface area contributed by atoms with E-state index in [2.05, 4.69) is 5.32 Å². The third-order valence-electron chi connectivity index (χ3n) is 5.04. The predicted octanol–water partition coefficient (Wildman–Crippen LogP) is 3.84. The van der Waals surface area contributed by atoms with Gasteiger partial charge in [0, 0.05) is 18.8 Å². The first-order valence-corrected chi connectivity index (χ1v) is 12.8. The maximum Gasteiger partial charge on any atom is 0.308 e. The van der Waals surface area contributed by atoms with Gasteiger partial charge >= 0.3 is 4.87 Å². The van der Waals surface area contributed by atoms with Crippen LogP contribution in [0.3, 0.4) is 0 Å². The number of hydrogen-bond donors (Lipinski definition) is 1. The van der Waals surface area contributed by atoms with Crippen LogP contribution in [0, 0.1) is 0 Å². The molecule has 0 aliphatic rings. The van der Waals surface area contributed by atoms with Crippen LogP contribution in [0.2, 0.25) is 0 Å². The fourth-order valence-corrected chi connectivity index (χ4v) is 4.80. The third kappa shape index (κ3) is 5.13. The number of sulfonamides is 1. The van der Waals surface area contributed by atoms with Gasteiger partial charge in [-0.25, -0.2) is 8.42 Å². The second kappa shape index (κ2) is 9.33. The van der Waals surface area contributed by atoms with Gasteiger partial charge in [0.15, 0.2) is 6.10 Å². The summed E-state index contributed by atoms with van der Waals surface area (Å²) in [5, 5.41) is 2.86. The normalized spacial score (nSPS) is 12.7. The van der Waals surface area contributed by atoms with Gasteiger partial charge < -0.3 is 10.1 Å². The average molecular weight is 478 g/mol. The van der Waals surface area contributed by atoms with E-state index in [9.17, 15) is 18.0 Å². The minimum absolute atomic E-state index is 0.0294. The van der Waals surface area contributed by atoms with Crippen molar-refractivity contribution in [3.63, 3.8) is 0 Å². The number of thiazole rings is 1. The van der Waals surface area contributed by atoms with E-state index in [1.165, 1.54) is 7.05 Å². The van der Waals surface area contributed by atoms with Crippen molar-refractivity contribution in [3.8, 4) is 5.75 Å². The van der Waals surface area contributed by atoms with Crippen molar-refractivity contribution < 1.29 is 17.9 Å². The van der Waals surface area contributed by atoms with Crippen molar-refractivity contribution in [2.75, 3.05) is 22.9 Å². The maximum atomic E-state index is 12.8. The quantitative estimate of drug-likeness (QED) is 0.532. The predicted molar refractivity (Wildman–Crippen MR) is 129 cm³/mol. The van der Waals surface area contributed by atoms with Gasteiger partial charge in [-0.3, -0.25) is 18.5 Å². The fourth-order valence-electron chi connectivity index (χ4n) is 3.24. The lowest BCUT2D eigenvalue weighted by Gasteiger charge is -2.19. The number of aromatic nitrogens is 1. The average Bonchev–Trinajstić information content (AvgIpc) is 3.06. The highest BCUT2D eigenvalue weighted by Crippen LogP contribution is 2.25. The van der Waals surface area contributed by atoms with Crippen molar-refractivity contribution in [1.82, 2.24) is 4.57 Å². The summed E-state index contributed by atoms with van der Waals surface area (Å²) in [6.07, 6.45) is 0.835. The van der Waals surface area contributed by atoms with Gasteiger partial charge in [-0.2, -0.15) is 0 Å². The maximum absolute atomic E-state index is 12.8. The Balaban J connectivity index is 1.73. The Bertz CT molecular complexity index is 1280. The Kier molecular flexibility index (Phi) is 6.94. The molecule has 0 saturated heterocycles. The van der Waals surface area contributed by atoms with E-state index in [0.717, 1.165) is 32.1 Å². The first-order chi connectivity index (χ1) is 15.0. The molecule has 0 aliphatic carbocycles. The highest BCUT2D eigenvalue weighted by atomic mass is 32.2. The lowest BCUT2D eigenvalue weighted by molar-refractivity contribution is -0.122. The van der Waals surface area contributed by atoms with Gasteiger partial charge in [0.05, 0.1) is 22.2 Å². The number of anilines is 2. The number of ether oxygens (including phenoxy) is 1. The molecule has 0 fully saturated rings. The van der Waals surface area contributed by atoms with Crippen molar-refractivity contribution in [1.29, 1.82) is 0 Å². The molecular formula is C22H27N3O5S2. The fraction of sp³-hybridized carbons (Fsp3) is 0.364. The number of fused-ring (bicyclic) bond motifs is 1. The van der Waals surface area contributed by atoms with E-state index in [1.54, 1.807) is 41.0 Å². The molecule has 0 unspecified atom stereocenters. The van der Waals surface area contributed by atoms with E-state index in [4.69, 9.17) is 4.74 Å². The Morgan fingerprint density at radius 1 is 1.19 bits per heavy atom. The van der Waals surface area contributed by atoms with Crippen molar-refractivity contribution in [2.45, 2.75) is 39.3 Å². The first kappa shape index (κ1) is 23.8. The zero-order chi connectivity index (χ0) is 23.6. The number of amides is 1. The first-order valence-electron chi connectivity index (χ1n) is 10.2. The number of hydrogen-bond acceptors (Lipinski definition) is 6. The smallest absolute Gasteiger partial charge is 0.308 e. The van der Waals surface area contributed by atoms with Crippen molar-refractivity contribution in [2.24, 2.45) is 0 Å². The number of carbonyl (C=O) groups excluding carboxylic acids is 1. The lowest BCUT2D eigenvalue weighted by atomic mass is 10.2. The number of nitrogens with one attached hydrogen (secondary N) is 1. The Labute approximate surface area is 191 Å². The summed E-state index contributed by atoms with van der Waals surface area (Å²) >= 11 is 1.15. The van der Waals surface area contributed by atoms with Crippen LogP contribution in [0.1, 0.15) is 33.2 Å². The van der Waals surface area contributed by atoms with Crippen molar-refractivity contribution >= 4 is 48.9 Å². The molecule has 3 rings (SSSR count). The van der Waals surface area contributed by atoms with Gasteiger partial charge in [0.1, 0.15) is 5.75 Å². The van der Waals surface area contributed by atoms with Crippen LogP contribution in [-0.2, 0) is 14.8 Å². The molecular weight excluding hydrogens is 450 g/mol. The molecule has 0 radical (unpaired) electrons. The van der Waals surface area contributed by atoms with E-state index >= 15 is 0 Å². The molecule has 0 spiro atoms. The summed E-state index contributed by atoms with van der Waals surface area (Å²) in [6.45, 7) is 5.75. The summed E-state index contributed by atoms with van der Waals surface area (Å²) in [6, 6.07) is 12.0. The van der Waals surface area contributed by atoms with Crippen LogP contribution >= 0.6 is 11.3 Å². The SMILES string of the molecule is CC[C@@H](Oc1ccc(N(C)S(C)(=O)=O)cc1)C(=O)Nc1ccc2c(c1)sc(=O)n2C(C)C. The van der Waals surface area contributed by atoms with E-state index in [-0.39, 0.29) is 16.8 Å². The van der Waals surface area contributed by atoms with Gasteiger partial charge in [-0.1, -0.05) is 18.3 Å². The third-order valence-corrected chi connectivity index (χ3v) is 7.16. The van der Waals surface area contributed by atoms with Crippen molar-refractivity contribution in [3.05, 3.63) is 52.1 Å². The summed E-state index contributed by atoms with van der Waals surface area (Å²) in [5.74, 6) is 0.153. The molecule has 2 aromatic carbocycles. The Hall–Kier alpha value is -2.85. The van der Waals surface area contributed by atoms with Crippen LogP contribution in [-0.4, -0.2) is 38.3 Å². The monoisotopic (exact) mass is 477 g/mol. The molecule has 8 nitrogen and oxygen atoms in total. The second-order valence-electron chi connectivity index (χ2n) is 7.74. The summed E-state index contributed by atoms with van der Waals surface area (Å²) in [4.78, 5) is 25.0. The topological polar surface area (TPSA) is 97.7 Å². The molecule has 0 saturated carbocycles. The largest absolute Gasteiger partial charge is 0.481 e. The number of nitrogens with zero attached hydrogens (tertiary/aromatic N) is 2. The molecule has 10 heteroatoms. The summed E-state index contributed by atoms with van der Waals surface area (Å²) < 4.78 is 32.9. The lowest BCUT2D eigenvalue weighted by Crippen LogP contribution is -2.32. The molecule has 1 atom stereocenters. The standard InChI is InChI=1S/C22H27N3O5S2/c1-6-19(30-17-10-8-16(9-11-17)24(4)32(5,28)29)21(26)23-15-7-12-18-20(13-15)31-22(27)25(18)14(2)3/h7-14,19H,6H2,1-5H3,(H,23,26)/t19-/m1/s1. The van der Waals surface area contributed by atoms with Gasteiger partial charge in [0.25, 0.3) is 5.91 Å². The van der Waals surface area contributed by atoms with E-state index in [0.29, 0.717) is 23.5 Å². The zero-order valence-electron chi connectivity index (χ0n) is 18.7. The summed E-state index contributed by atoms with van der Waals surface area (Å²) in [7, 11) is -1.89. The molecule has 1 N–H and O–H groups in total. The number of rotatable bonds is 8. The molecule has 1 amide bonds. The highest BCUT2D eigenvalue weighted by Gasteiger charge is 2.20. The highest BCUT2D eigenvalue weighted by molar-refractivity contribution is 7.92. The Morgan fingerprint density at radius 2 is 1.84 bits per heavy atom.